The van der Waals surface area contributed by atoms with Gasteiger partial charge in [-0.1, -0.05) is 14.9 Å². The number of hydrogen-bond donors (Lipinski definition) is 3. The molecule has 3 radical (unpaired) electrons. The van der Waals surface area contributed by atoms with Gasteiger partial charge < -0.3 is 29.3 Å². The summed E-state index contributed by atoms with van der Waals surface area (Å²) in [5, 5.41) is 16.0. The zero-order chi connectivity index (χ0) is 8.15. The van der Waals surface area contributed by atoms with Gasteiger partial charge in [-0.15, -0.1) is 0 Å². The zero-order valence-corrected chi connectivity index (χ0v) is 16.1. The van der Waals surface area contributed by atoms with Gasteiger partial charge in [-0.05, 0) is 0 Å². The molecular weight excluding hydrogens is 447 g/mol. The van der Waals surface area contributed by atoms with Gasteiger partial charge in [0, 0.05) is 98.1 Å². The van der Waals surface area contributed by atoms with E-state index in [2.05, 4.69) is 12.6 Å². The van der Waals surface area contributed by atoms with E-state index in [9.17, 15) is 9.59 Å². The van der Waals surface area contributed by atoms with Gasteiger partial charge in [-0.25, -0.2) is 5.25 Å². The van der Waals surface area contributed by atoms with E-state index in [0.29, 0.717) is 0 Å². The van der Waals surface area contributed by atoms with Crippen LogP contribution in [0.3, 0.4) is 0 Å². The predicted molar refractivity (Wildman–Crippen MR) is 49.9 cm³/mol. The van der Waals surface area contributed by atoms with Crippen LogP contribution in [0.2, 0.25) is 0 Å². The predicted octanol–water partition coefficient (Wildman–Crippen LogP) is 1.48. The number of thiol groups is 1. The first-order valence-corrected chi connectivity index (χ1v) is 2.83. The van der Waals surface area contributed by atoms with Crippen molar-refractivity contribution in [1.29, 1.82) is 0 Å². The molecule has 8 heteroatoms. The van der Waals surface area contributed by atoms with Crippen LogP contribution in [0.25, 0.3) is 0 Å². The second-order valence-corrected chi connectivity index (χ2v) is 2.04. The van der Waals surface area contributed by atoms with Gasteiger partial charge in [0.05, 0.1) is 0 Å². The molecule has 0 fully saturated rings. The standard InChI is InChI=1S/C5H6O4S.2CH4.3Y/c6-4(7)2-1-3(10)5(8)9;;;;;/h2,10H,1H2,(H,6,7)(H,8,9);2*1H4;;;/q-2;;;;;. The molecule has 0 rings (SSSR count). The largest absolute Gasteiger partial charge is 0.503 e. The first kappa shape index (κ1) is 36.0. The normalized spacial score (nSPS) is 5.67. The van der Waals surface area contributed by atoms with E-state index in [1.165, 1.54) is 0 Å². The molecule has 0 bridgehead atoms. The maximum absolute atomic E-state index is 9.99. The first-order valence-electron chi connectivity index (χ1n) is 2.38. The topological polar surface area (TPSA) is 74.6 Å². The molecule has 0 atom stereocenters. The van der Waals surface area contributed by atoms with Gasteiger partial charge in [0.2, 0.25) is 0 Å². The molecule has 0 aromatic heterocycles. The van der Waals surface area contributed by atoms with Crippen LogP contribution in [0.4, 0.5) is 0 Å². The van der Waals surface area contributed by atoms with E-state index in [1.54, 1.807) is 0 Å². The Kier molecular flexibility index (Phi) is 51.9. The summed E-state index contributed by atoms with van der Waals surface area (Å²) in [5.41, 5.74) is 0. The Balaban J connectivity index is -0.0000000405. The number of hydrogen-bond acceptors (Lipinski definition) is 3. The fraction of sp³-hybridized carbons (Fsp3) is 0.429. The Morgan fingerprint density at radius 3 is 1.67 bits per heavy atom. The molecule has 0 aliphatic heterocycles. The van der Waals surface area contributed by atoms with Crippen LogP contribution in [0.15, 0.2) is 0 Å². The molecule has 83 valence electrons. The van der Waals surface area contributed by atoms with E-state index >= 15 is 0 Å². The summed E-state index contributed by atoms with van der Waals surface area (Å²) in [5.74, 6) is -2.34. The average molecular weight is 461 g/mol. The van der Waals surface area contributed by atoms with E-state index in [4.69, 9.17) is 10.2 Å². The number of aliphatic carboxylic acids is 2. The molecule has 0 aromatic carbocycles. The number of carbonyl (C=O) groups is 2. The van der Waals surface area contributed by atoms with Crippen molar-refractivity contribution in [1.82, 2.24) is 0 Å². The minimum Gasteiger partial charge on any atom is -0.503 e. The molecule has 2 N–H and O–H groups in total. The van der Waals surface area contributed by atoms with Crippen molar-refractivity contribution in [2.75, 3.05) is 0 Å². The van der Waals surface area contributed by atoms with E-state index in [0.717, 1.165) is 6.42 Å². The summed E-state index contributed by atoms with van der Waals surface area (Å²) in [7, 11) is 0. The average Bonchev–Trinajstić information content (AvgIpc) is 1.82. The van der Waals surface area contributed by atoms with Crippen LogP contribution in [-0.4, -0.2) is 22.2 Å². The van der Waals surface area contributed by atoms with Gasteiger partial charge in [0.1, 0.15) is 0 Å². The molecule has 0 aromatic rings. The maximum atomic E-state index is 9.99. The Labute approximate surface area is 172 Å². The third-order valence-electron chi connectivity index (χ3n) is 0.717. The number of carboxylic acids is 2. The first-order chi connectivity index (χ1) is 4.54. The van der Waals surface area contributed by atoms with Crippen molar-refractivity contribution in [3.8, 4) is 0 Å². The van der Waals surface area contributed by atoms with Gasteiger partial charge in [0.25, 0.3) is 0 Å². The second-order valence-electron chi connectivity index (χ2n) is 1.50. The summed E-state index contributed by atoms with van der Waals surface area (Å²) >= 11 is 3.52. The minimum atomic E-state index is -1.19. The Hall–Kier alpha value is 2.34. The van der Waals surface area contributed by atoms with Crippen LogP contribution in [0.1, 0.15) is 21.3 Å². The molecule has 0 heterocycles. The Bertz CT molecular complexity index is 157. The van der Waals surface area contributed by atoms with E-state index < -0.39 is 11.9 Å². The quantitative estimate of drug-likeness (QED) is 0.439. The molecular formula is C7H14O4SY3-2. The van der Waals surface area contributed by atoms with Crippen molar-refractivity contribution < 1.29 is 118 Å². The summed E-state index contributed by atoms with van der Waals surface area (Å²) in [6.45, 7) is 0. The van der Waals surface area contributed by atoms with Gasteiger partial charge >= 0.3 is 0 Å². The molecule has 0 saturated heterocycles. The van der Waals surface area contributed by atoms with E-state index in [-0.39, 0.29) is 125 Å². The fourth-order valence-electron chi connectivity index (χ4n) is 0.271. The molecule has 0 aliphatic rings. The van der Waals surface area contributed by atoms with Crippen LogP contribution in [0, 0.1) is 11.7 Å². The van der Waals surface area contributed by atoms with Gasteiger partial charge in [0.15, 0.2) is 11.9 Å². The SMILES string of the molecule is C.C.O=C(O)[CH-]C[C-](S)C(=O)O.[Y].[Y].[Y]. The van der Waals surface area contributed by atoms with E-state index in [1.807, 2.05) is 0 Å². The van der Waals surface area contributed by atoms with Crippen LogP contribution in [0.5, 0.6) is 0 Å². The van der Waals surface area contributed by atoms with Crippen molar-refractivity contribution in [3.63, 3.8) is 0 Å². The van der Waals surface area contributed by atoms with Crippen molar-refractivity contribution in [2.45, 2.75) is 21.3 Å². The monoisotopic (exact) mass is 461 g/mol. The molecule has 15 heavy (non-hydrogen) atoms. The van der Waals surface area contributed by atoms with Crippen molar-refractivity contribution in [3.05, 3.63) is 11.7 Å². The van der Waals surface area contributed by atoms with Gasteiger partial charge in [-0.2, -0.15) is 0 Å². The fourth-order valence-corrected chi connectivity index (χ4v) is 0.363. The zero-order valence-electron chi connectivity index (χ0n) is 6.67. The summed E-state index contributed by atoms with van der Waals surface area (Å²) < 4.78 is 0. The molecule has 0 aliphatic carbocycles. The van der Waals surface area contributed by atoms with Gasteiger partial charge in [-0.3, -0.25) is 16.0 Å². The summed E-state index contributed by atoms with van der Waals surface area (Å²) in [4.78, 5) is 19.8. The van der Waals surface area contributed by atoms with Crippen LogP contribution >= 0.6 is 12.6 Å². The molecule has 0 saturated carbocycles. The number of carboxylic acid groups (broad SMARTS) is 2. The Morgan fingerprint density at radius 1 is 1.13 bits per heavy atom. The minimum absolute atomic E-state index is 0. The third kappa shape index (κ3) is 26.1. The summed E-state index contributed by atoms with van der Waals surface area (Å²) in [6.07, 6.45) is 0.685. The molecule has 0 spiro atoms. The van der Waals surface area contributed by atoms with Crippen LogP contribution < -0.4 is 0 Å². The molecule has 4 nitrogen and oxygen atoms in total. The third-order valence-corrected chi connectivity index (χ3v) is 1.09. The Morgan fingerprint density at radius 2 is 1.47 bits per heavy atom. The summed E-state index contributed by atoms with van der Waals surface area (Å²) in [6, 6.07) is 0. The smallest absolute Gasteiger partial charge is 0.173 e. The second kappa shape index (κ2) is 21.6. The molecule has 0 amide bonds. The van der Waals surface area contributed by atoms with Crippen molar-refractivity contribution in [2.24, 2.45) is 0 Å². The molecule has 0 unspecified atom stereocenters. The number of rotatable bonds is 4. The van der Waals surface area contributed by atoms with Crippen molar-refractivity contribution >= 4 is 24.6 Å². The maximum Gasteiger partial charge on any atom is 0.173 e. The van der Waals surface area contributed by atoms with Crippen LogP contribution in [-0.2, 0) is 108 Å².